The second kappa shape index (κ2) is 5.95. The Balaban J connectivity index is 1.51. The molecule has 0 aromatic heterocycles. The maximum Gasteiger partial charge on any atom is 0.0852 e. The van der Waals surface area contributed by atoms with Crippen molar-refractivity contribution in [2.75, 3.05) is 19.8 Å². The van der Waals surface area contributed by atoms with Crippen molar-refractivity contribution in [3.63, 3.8) is 0 Å². The second-order valence-electron chi connectivity index (χ2n) is 6.13. The molecular weight excluding hydrogens is 248 g/mol. The van der Waals surface area contributed by atoms with Crippen molar-refractivity contribution in [3.8, 4) is 6.07 Å². The van der Waals surface area contributed by atoms with Crippen LogP contribution in [0.25, 0.3) is 0 Å². The maximum absolute atomic E-state index is 9.53. The van der Waals surface area contributed by atoms with E-state index in [9.17, 15) is 5.26 Å². The van der Waals surface area contributed by atoms with E-state index in [1.165, 1.54) is 18.4 Å². The molecule has 1 heterocycles. The van der Waals surface area contributed by atoms with Crippen LogP contribution in [0.1, 0.15) is 31.2 Å². The normalized spacial score (nSPS) is 30.4. The molecule has 0 amide bonds. The van der Waals surface area contributed by atoms with Crippen LogP contribution in [-0.4, -0.2) is 25.8 Å². The SMILES string of the molecule is N#CC1(c2ccccc2)CC(NCC2CCOCC2)C1. The number of nitrogens with zero attached hydrogens (tertiary/aromatic N) is 1. The smallest absolute Gasteiger partial charge is 0.0852 e. The molecule has 0 radical (unpaired) electrons. The first-order valence-electron chi connectivity index (χ1n) is 7.60. The van der Waals surface area contributed by atoms with Gasteiger partial charge < -0.3 is 10.1 Å². The lowest BCUT2D eigenvalue weighted by Crippen LogP contribution is -2.52. The highest BCUT2D eigenvalue weighted by Gasteiger charge is 2.45. The molecule has 1 aliphatic carbocycles. The highest BCUT2D eigenvalue weighted by molar-refractivity contribution is 5.36. The fraction of sp³-hybridized carbons (Fsp3) is 0.588. The summed E-state index contributed by atoms with van der Waals surface area (Å²) in [5, 5.41) is 13.2. The Morgan fingerprint density at radius 1 is 1.20 bits per heavy atom. The summed E-state index contributed by atoms with van der Waals surface area (Å²) >= 11 is 0. The van der Waals surface area contributed by atoms with Crippen LogP contribution in [0.4, 0.5) is 0 Å². The summed E-state index contributed by atoms with van der Waals surface area (Å²) in [6.45, 7) is 2.89. The Labute approximate surface area is 120 Å². The molecule has 2 fully saturated rings. The molecule has 1 saturated carbocycles. The first kappa shape index (κ1) is 13.6. The maximum atomic E-state index is 9.53. The minimum Gasteiger partial charge on any atom is -0.381 e. The molecule has 20 heavy (non-hydrogen) atoms. The van der Waals surface area contributed by atoms with Crippen molar-refractivity contribution >= 4 is 0 Å². The summed E-state index contributed by atoms with van der Waals surface area (Å²) in [6.07, 6.45) is 4.22. The van der Waals surface area contributed by atoms with E-state index in [0.29, 0.717) is 6.04 Å². The van der Waals surface area contributed by atoms with Gasteiger partial charge >= 0.3 is 0 Å². The van der Waals surface area contributed by atoms with Crippen LogP contribution < -0.4 is 5.32 Å². The van der Waals surface area contributed by atoms with Gasteiger partial charge in [0.05, 0.1) is 11.5 Å². The number of ether oxygens (including phenoxy) is 1. The zero-order chi connectivity index (χ0) is 13.8. The summed E-state index contributed by atoms with van der Waals surface area (Å²) in [4.78, 5) is 0. The van der Waals surface area contributed by atoms with Crippen LogP contribution in [0.3, 0.4) is 0 Å². The fourth-order valence-electron chi connectivity index (χ4n) is 3.36. The molecule has 1 aliphatic heterocycles. The van der Waals surface area contributed by atoms with Gasteiger partial charge in [-0.25, -0.2) is 0 Å². The lowest BCUT2D eigenvalue weighted by molar-refractivity contribution is 0.0631. The van der Waals surface area contributed by atoms with Gasteiger partial charge in [-0.15, -0.1) is 0 Å². The molecule has 0 spiro atoms. The van der Waals surface area contributed by atoms with Crippen molar-refractivity contribution in [2.45, 2.75) is 37.1 Å². The number of rotatable bonds is 4. The fourth-order valence-corrected chi connectivity index (χ4v) is 3.36. The summed E-state index contributed by atoms with van der Waals surface area (Å²) in [7, 11) is 0. The predicted molar refractivity (Wildman–Crippen MR) is 78.3 cm³/mol. The average Bonchev–Trinajstić information content (AvgIpc) is 2.48. The van der Waals surface area contributed by atoms with Gasteiger partial charge in [0.1, 0.15) is 0 Å². The molecule has 1 aromatic rings. The molecule has 1 N–H and O–H groups in total. The molecular formula is C17H22N2O. The number of nitriles is 1. The average molecular weight is 270 g/mol. The molecule has 0 unspecified atom stereocenters. The van der Waals surface area contributed by atoms with Crippen LogP contribution in [0, 0.1) is 17.2 Å². The molecule has 3 heteroatoms. The monoisotopic (exact) mass is 270 g/mol. The van der Waals surface area contributed by atoms with Crippen LogP contribution in [0.15, 0.2) is 30.3 Å². The molecule has 1 aromatic carbocycles. The van der Waals surface area contributed by atoms with Crippen LogP contribution in [-0.2, 0) is 10.2 Å². The molecule has 1 saturated heterocycles. The Morgan fingerprint density at radius 2 is 1.90 bits per heavy atom. The first-order chi connectivity index (χ1) is 9.82. The third kappa shape index (κ3) is 2.72. The van der Waals surface area contributed by atoms with Gasteiger partial charge in [-0.1, -0.05) is 30.3 Å². The minimum absolute atomic E-state index is 0.255. The van der Waals surface area contributed by atoms with E-state index in [4.69, 9.17) is 4.74 Å². The summed E-state index contributed by atoms with van der Waals surface area (Å²) in [6, 6.07) is 13.3. The third-order valence-corrected chi connectivity index (χ3v) is 4.77. The third-order valence-electron chi connectivity index (χ3n) is 4.77. The van der Waals surface area contributed by atoms with Crippen molar-refractivity contribution < 1.29 is 4.74 Å². The van der Waals surface area contributed by atoms with Crippen molar-refractivity contribution in [1.82, 2.24) is 5.32 Å². The van der Waals surface area contributed by atoms with E-state index in [1.54, 1.807) is 0 Å². The molecule has 0 bridgehead atoms. The zero-order valence-electron chi connectivity index (χ0n) is 11.8. The van der Waals surface area contributed by atoms with E-state index in [0.717, 1.165) is 38.5 Å². The summed E-state index contributed by atoms with van der Waals surface area (Å²) < 4.78 is 5.38. The van der Waals surface area contributed by atoms with Crippen molar-refractivity contribution in [2.24, 2.45) is 5.92 Å². The summed E-state index contributed by atoms with van der Waals surface area (Å²) in [5.74, 6) is 0.748. The Morgan fingerprint density at radius 3 is 2.55 bits per heavy atom. The van der Waals surface area contributed by atoms with Gasteiger partial charge in [0.15, 0.2) is 0 Å². The van der Waals surface area contributed by atoms with Gasteiger partial charge in [-0.05, 0) is 43.7 Å². The van der Waals surface area contributed by atoms with Gasteiger partial charge in [0, 0.05) is 19.3 Å². The Kier molecular flexibility index (Phi) is 4.05. The lowest BCUT2D eigenvalue weighted by atomic mass is 9.62. The van der Waals surface area contributed by atoms with Crippen LogP contribution in [0.5, 0.6) is 0 Å². The Bertz CT molecular complexity index is 468. The lowest BCUT2D eigenvalue weighted by Gasteiger charge is -2.44. The summed E-state index contributed by atoms with van der Waals surface area (Å²) in [5.41, 5.74) is 0.917. The minimum atomic E-state index is -0.255. The molecule has 2 aliphatic rings. The zero-order valence-corrected chi connectivity index (χ0v) is 11.8. The van der Waals surface area contributed by atoms with Crippen molar-refractivity contribution in [1.29, 1.82) is 5.26 Å². The molecule has 0 atom stereocenters. The van der Waals surface area contributed by atoms with Gasteiger partial charge in [-0.3, -0.25) is 0 Å². The molecule has 3 rings (SSSR count). The molecule has 106 valence electrons. The van der Waals surface area contributed by atoms with Crippen LogP contribution in [0.2, 0.25) is 0 Å². The highest BCUT2D eigenvalue weighted by atomic mass is 16.5. The quantitative estimate of drug-likeness (QED) is 0.914. The van der Waals surface area contributed by atoms with E-state index in [1.807, 2.05) is 18.2 Å². The van der Waals surface area contributed by atoms with E-state index >= 15 is 0 Å². The van der Waals surface area contributed by atoms with E-state index < -0.39 is 0 Å². The standard InChI is InChI=1S/C17H22N2O/c18-13-17(15-4-2-1-3-5-15)10-16(11-17)19-12-14-6-8-20-9-7-14/h1-5,14,16,19H,6-12H2. The topological polar surface area (TPSA) is 45.0 Å². The highest BCUT2D eigenvalue weighted by Crippen LogP contribution is 2.43. The van der Waals surface area contributed by atoms with Gasteiger partial charge in [0.25, 0.3) is 0 Å². The number of nitrogens with one attached hydrogen (secondary N) is 1. The first-order valence-corrected chi connectivity index (χ1v) is 7.60. The largest absolute Gasteiger partial charge is 0.381 e. The van der Waals surface area contributed by atoms with E-state index in [2.05, 4.69) is 23.5 Å². The Hall–Kier alpha value is -1.37. The van der Waals surface area contributed by atoms with Crippen molar-refractivity contribution in [3.05, 3.63) is 35.9 Å². The second-order valence-corrected chi connectivity index (χ2v) is 6.13. The predicted octanol–water partition coefficient (Wildman–Crippen LogP) is 2.63. The van der Waals surface area contributed by atoms with Gasteiger partial charge in [0.2, 0.25) is 0 Å². The van der Waals surface area contributed by atoms with E-state index in [-0.39, 0.29) is 5.41 Å². The van der Waals surface area contributed by atoms with Crippen LogP contribution >= 0.6 is 0 Å². The number of hydrogen-bond acceptors (Lipinski definition) is 3. The molecule has 3 nitrogen and oxygen atoms in total. The van der Waals surface area contributed by atoms with Gasteiger partial charge in [-0.2, -0.15) is 5.26 Å². The number of hydrogen-bond donors (Lipinski definition) is 1. The number of benzene rings is 1.